The smallest absolute Gasteiger partial charge is 0.233 e. The monoisotopic (exact) mass is 279 g/mol. The molecular formula is C14H21N3OS. The van der Waals surface area contributed by atoms with Gasteiger partial charge in [0.25, 0.3) is 0 Å². The lowest BCUT2D eigenvalue weighted by Crippen LogP contribution is -2.35. The Kier molecular flexibility index (Phi) is 5.92. The zero-order chi connectivity index (χ0) is 14.4. The van der Waals surface area contributed by atoms with E-state index >= 15 is 0 Å². The van der Waals surface area contributed by atoms with Crippen molar-refractivity contribution in [2.75, 3.05) is 20.1 Å². The van der Waals surface area contributed by atoms with E-state index in [9.17, 15) is 4.79 Å². The summed E-state index contributed by atoms with van der Waals surface area (Å²) in [4.78, 5) is 13.9. The number of carbonyl (C=O) groups excluding carboxylic acids is 1. The van der Waals surface area contributed by atoms with Crippen molar-refractivity contribution in [1.29, 1.82) is 0 Å². The molecule has 19 heavy (non-hydrogen) atoms. The van der Waals surface area contributed by atoms with Crippen LogP contribution in [-0.2, 0) is 11.3 Å². The molecule has 0 bridgehead atoms. The fourth-order valence-corrected chi connectivity index (χ4v) is 1.96. The molecule has 1 rings (SSSR count). The van der Waals surface area contributed by atoms with Crippen molar-refractivity contribution in [3.8, 4) is 0 Å². The Balaban J connectivity index is 2.80. The summed E-state index contributed by atoms with van der Waals surface area (Å²) in [5, 5.41) is 2.64. The number of hydrogen-bond acceptors (Lipinski definition) is 3. The van der Waals surface area contributed by atoms with Gasteiger partial charge in [0.05, 0.1) is 6.54 Å². The highest BCUT2D eigenvalue weighted by Crippen LogP contribution is 2.13. The van der Waals surface area contributed by atoms with Gasteiger partial charge in [0, 0.05) is 19.2 Å². The first-order chi connectivity index (χ1) is 8.97. The molecular weight excluding hydrogens is 258 g/mol. The molecule has 0 unspecified atom stereocenters. The third kappa shape index (κ3) is 4.61. The zero-order valence-corrected chi connectivity index (χ0v) is 12.5. The van der Waals surface area contributed by atoms with Crippen LogP contribution in [0.25, 0.3) is 0 Å². The van der Waals surface area contributed by atoms with E-state index in [1.54, 1.807) is 7.05 Å². The van der Waals surface area contributed by atoms with Crippen LogP contribution in [0.1, 0.15) is 23.6 Å². The van der Waals surface area contributed by atoms with Gasteiger partial charge in [-0.2, -0.15) is 0 Å². The first kappa shape index (κ1) is 15.6. The Morgan fingerprint density at radius 2 is 2.16 bits per heavy atom. The van der Waals surface area contributed by atoms with Gasteiger partial charge in [-0.25, -0.2) is 0 Å². The van der Waals surface area contributed by atoms with Crippen molar-refractivity contribution in [2.24, 2.45) is 5.73 Å². The van der Waals surface area contributed by atoms with Crippen molar-refractivity contribution in [1.82, 2.24) is 10.2 Å². The van der Waals surface area contributed by atoms with E-state index in [1.165, 1.54) is 5.56 Å². The summed E-state index contributed by atoms with van der Waals surface area (Å²) in [6.07, 6.45) is 0. The highest BCUT2D eigenvalue weighted by molar-refractivity contribution is 7.80. The van der Waals surface area contributed by atoms with E-state index < -0.39 is 0 Å². The van der Waals surface area contributed by atoms with E-state index in [1.807, 2.05) is 32.0 Å². The highest BCUT2D eigenvalue weighted by atomic mass is 32.1. The maximum Gasteiger partial charge on any atom is 0.233 e. The Bertz CT molecular complexity index is 474. The number of benzene rings is 1. The molecule has 0 radical (unpaired) electrons. The van der Waals surface area contributed by atoms with Crippen molar-refractivity contribution < 1.29 is 4.79 Å². The molecule has 0 saturated carbocycles. The average Bonchev–Trinajstić information content (AvgIpc) is 2.39. The average molecular weight is 279 g/mol. The molecule has 0 aliphatic rings. The molecule has 0 aromatic heterocycles. The summed E-state index contributed by atoms with van der Waals surface area (Å²) in [6, 6.07) is 5.94. The summed E-state index contributed by atoms with van der Waals surface area (Å²) in [6.45, 7) is 6.05. The van der Waals surface area contributed by atoms with Gasteiger partial charge in [0.15, 0.2) is 0 Å². The van der Waals surface area contributed by atoms with Crippen molar-refractivity contribution in [2.45, 2.75) is 20.4 Å². The second-order valence-corrected chi connectivity index (χ2v) is 4.92. The van der Waals surface area contributed by atoms with Crippen molar-refractivity contribution >= 4 is 23.1 Å². The van der Waals surface area contributed by atoms with Crippen LogP contribution in [-0.4, -0.2) is 35.9 Å². The maximum atomic E-state index is 11.4. The van der Waals surface area contributed by atoms with Gasteiger partial charge in [-0.15, -0.1) is 0 Å². The third-order valence-electron chi connectivity index (χ3n) is 3.11. The summed E-state index contributed by atoms with van der Waals surface area (Å²) in [5.41, 5.74) is 8.82. The Labute approximate surface area is 120 Å². The number of amides is 1. The first-order valence-corrected chi connectivity index (χ1v) is 6.71. The number of thiocarbonyl (C=S) groups is 1. The van der Waals surface area contributed by atoms with Gasteiger partial charge in [0.2, 0.25) is 5.91 Å². The maximum absolute atomic E-state index is 11.4. The molecule has 3 N–H and O–H groups in total. The fraction of sp³-hybridized carbons (Fsp3) is 0.429. The van der Waals surface area contributed by atoms with E-state index in [0.717, 1.165) is 24.2 Å². The number of likely N-dealkylation sites (N-methyl/N-ethyl adjacent to an activating group) is 2. The van der Waals surface area contributed by atoms with Crippen LogP contribution in [0.15, 0.2) is 18.2 Å². The standard InChI is InChI=1S/C14H21N3OS/c1-4-17(9-13(18)16-3)8-12-6-5-11(14(15)19)7-10(12)2/h5-7H,4,8-9H2,1-3H3,(H2,15,19)(H,16,18). The quantitative estimate of drug-likeness (QED) is 0.768. The Morgan fingerprint density at radius 1 is 1.47 bits per heavy atom. The molecule has 0 spiro atoms. The fourth-order valence-electron chi connectivity index (χ4n) is 1.83. The van der Waals surface area contributed by atoms with E-state index in [4.69, 9.17) is 18.0 Å². The van der Waals surface area contributed by atoms with E-state index in [-0.39, 0.29) is 5.91 Å². The predicted molar refractivity (Wildman–Crippen MR) is 82.1 cm³/mol. The van der Waals surface area contributed by atoms with Crippen LogP contribution < -0.4 is 11.1 Å². The summed E-state index contributed by atoms with van der Waals surface area (Å²) in [7, 11) is 1.65. The number of carbonyl (C=O) groups is 1. The zero-order valence-electron chi connectivity index (χ0n) is 11.7. The molecule has 0 atom stereocenters. The Hall–Kier alpha value is -1.46. The minimum Gasteiger partial charge on any atom is -0.389 e. The lowest BCUT2D eigenvalue weighted by Gasteiger charge is -2.20. The second kappa shape index (κ2) is 7.21. The minimum atomic E-state index is 0.0271. The summed E-state index contributed by atoms with van der Waals surface area (Å²) >= 11 is 4.96. The van der Waals surface area contributed by atoms with Gasteiger partial charge < -0.3 is 11.1 Å². The molecule has 0 fully saturated rings. The number of aryl methyl sites for hydroxylation is 1. The van der Waals surface area contributed by atoms with Gasteiger partial charge in [-0.1, -0.05) is 31.3 Å². The Morgan fingerprint density at radius 3 is 2.63 bits per heavy atom. The first-order valence-electron chi connectivity index (χ1n) is 6.30. The third-order valence-corrected chi connectivity index (χ3v) is 3.35. The van der Waals surface area contributed by atoms with Gasteiger partial charge in [0.1, 0.15) is 4.99 Å². The minimum absolute atomic E-state index is 0.0271. The molecule has 0 saturated heterocycles. The molecule has 4 nitrogen and oxygen atoms in total. The predicted octanol–water partition coefficient (Wildman–Crippen LogP) is 1.20. The van der Waals surface area contributed by atoms with Crippen LogP contribution in [0.4, 0.5) is 0 Å². The van der Waals surface area contributed by atoms with E-state index in [0.29, 0.717) is 11.5 Å². The largest absolute Gasteiger partial charge is 0.389 e. The molecule has 0 aliphatic carbocycles. The van der Waals surface area contributed by atoms with Crippen LogP contribution in [0.3, 0.4) is 0 Å². The van der Waals surface area contributed by atoms with Crippen LogP contribution in [0.2, 0.25) is 0 Å². The number of nitrogens with zero attached hydrogens (tertiary/aromatic N) is 1. The normalized spacial score (nSPS) is 10.5. The van der Waals surface area contributed by atoms with E-state index in [2.05, 4.69) is 10.2 Å². The van der Waals surface area contributed by atoms with Gasteiger partial charge in [-0.05, 0) is 30.7 Å². The SMILES string of the molecule is CCN(CC(=O)NC)Cc1ccc(C(N)=S)cc1C. The van der Waals surface area contributed by atoms with Crippen LogP contribution in [0, 0.1) is 6.92 Å². The summed E-state index contributed by atoms with van der Waals surface area (Å²) < 4.78 is 0. The number of rotatable bonds is 6. The number of nitrogens with two attached hydrogens (primary N) is 1. The highest BCUT2D eigenvalue weighted by Gasteiger charge is 2.10. The molecule has 104 valence electrons. The van der Waals surface area contributed by atoms with Crippen molar-refractivity contribution in [3.63, 3.8) is 0 Å². The molecule has 0 aliphatic heterocycles. The summed E-state index contributed by atoms with van der Waals surface area (Å²) in [5.74, 6) is 0.0271. The van der Waals surface area contributed by atoms with Crippen molar-refractivity contribution in [3.05, 3.63) is 34.9 Å². The molecule has 0 heterocycles. The lowest BCUT2D eigenvalue weighted by atomic mass is 10.0. The molecule has 1 aromatic rings. The second-order valence-electron chi connectivity index (χ2n) is 4.48. The van der Waals surface area contributed by atoms with Gasteiger partial charge >= 0.3 is 0 Å². The van der Waals surface area contributed by atoms with Crippen LogP contribution >= 0.6 is 12.2 Å². The molecule has 5 heteroatoms. The number of nitrogens with one attached hydrogen (secondary N) is 1. The van der Waals surface area contributed by atoms with Gasteiger partial charge in [-0.3, -0.25) is 9.69 Å². The molecule has 1 aromatic carbocycles. The number of hydrogen-bond donors (Lipinski definition) is 2. The lowest BCUT2D eigenvalue weighted by molar-refractivity contribution is -0.121. The topological polar surface area (TPSA) is 58.4 Å². The van der Waals surface area contributed by atoms with Crippen LogP contribution in [0.5, 0.6) is 0 Å². The molecule has 1 amide bonds.